The largest absolute Gasteiger partial charge is 0.287 e. The van der Waals surface area contributed by atoms with Crippen LogP contribution in [0.15, 0.2) is 0 Å². The van der Waals surface area contributed by atoms with E-state index in [1.165, 1.54) is 18.2 Å². The highest BCUT2D eigenvalue weighted by Gasteiger charge is 2.27. The Morgan fingerprint density at radius 3 is 2.70 bits per heavy atom. The van der Waals surface area contributed by atoms with Gasteiger partial charge in [-0.3, -0.25) is 4.90 Å². The van der Waals surface area contributed by atoms with Crippen molar-refractivity contribution in [2.45, 2.75) is 19.4 Å². The first-order chi connectivity index (χ1) is 4.67. The molecule has 10 heavy (non-hydrogen) atoms. The molecule has 0 spiro atoms. The van der Waals surface area contributed by atoms with Crippen molar-refractivity contribution in [2.75, 3.05) is 23.9 Å². The molecule has 0 N–H and O–H groups in total. The van der Waals surface area contributed by atoms with E-state index in [2.05, 4.69) is 31.4 Å². The van der Waals surface area contributed by atoms with Gasteiger partial charge in [0.05, 0.1) is 0 Å². The normalized spacial score (nSPS) is 21.9. The number of thiol groups is 1. The fraction of sp³-hybridized carbons (Fsp3) is 1.00. The summed E-state index contributed by atoms with van der Waals surface area (Å²) in [5.74, 6) is 3.43. The van der Waals surface area contributed by atoms with E-state index in [9.17, 15) is 0 Å². The van der Waals surface area contributed by atoms with E-state index in [0.717, 1.165) is 5.75 Å². The van der Waals surface area contributed by atoms with Gasteiger partial charge in [-0.1, -0.05) is 0 Å². The Labute approximate surface area is 73.0 Å². The van der Waals surface area contributed by atoms with E-state index in [4.69, 9.17) is 0 Å². The number of nitrogens with zero attached hydrogens (tertiary/aromatic N) is 1. The maximum Gasteiger partial charge on any atom is 0.0450 e. The summed E-state index contributed by atoms with van der Waals surface area (Å²) < 4.78 is 0. The van der Waals surface area contributed by atoms with E-state index in [-0.39, 0.29) is 0 Å². The lowest BCUT2D eigenvalue weighted by atomic mass is 10.1. The molecule has 3 heteroatoms. The third kappa shape index (κ3) is 1.83. The van der Waals surface area contributed by atoms with Crippen LogP contribution in [0.4, 0.5) is 0 Å². The van der Waals surface area contributed by atoms with Crippen molar-refractivity contribution in [3.05, 3.63) is 0 Å². The molecule has 0 bridgehead atoms. The molecule has 0 aromatic heterocycles. The van der Waals surface area contributed by atoms with E-state index in [1.807, 2.05) is 11.8 Å². The van der Waals surface area contributed by atoms with Crippen molar-refractivity contribution >= 4 is 24.4 Å². The number of thioether (sulfide) groups is 1. The molecule has 0 aromatic carbocycles. The standard InChI is InChI=1S/C7H15NS2/c1-7(2,5-9)8-3-4-10-6-8/h9H,3-6H2,1-2H3. The predicted molar refractivity (Wildman–Crippen MR) is 52.0 cm³/mol. The monoisotopic (exact) mass is 177 g/mol. The van der Waals surface area contributed by atoms with Crippen LogP contribution in [0.25, 0.3) is 0 Å². The molecular weight excluding hydrogens is 162 g/mol. The number of hydrogen-bond donors (Lipinski definition) is 1. The lowest BCUT2D eigenvalue weighted by Gasteiger charge is -2.33. The average molecular weight is 177 g/mol. The highest BCUT2D eigenvalue weighted by Crippen LogP contribution is 2.24. The molecule has 1 aliphatic heterocycles. The third-order valence-corrected chi connectivity index (χ3v) is 3.74. The Hall–Kier alpha value is 0.660. The van der Waals surface area contributed by atoms with Crippen LogP contribution >= 0.6 is 24.4 Å². The average Bonchev–Trinajstić information content (AvgIpc) is 2.38. The first-order valence-corrected chi connectivity index (χ1v) is 5.39. The summed E-state index contributed by atoms with van der Waals surface area (Å²) in [5.41, 5.74) is 0.298. The van der Waals surface area contributed by atoms with Crippen LogP contribution in [0, 0.1) is 0 Å². The van der Waals surface area contributed by atoms with Gasteiger partial charge in [-0.15, -0.1) is 11.8 Å². The molecule has 0 aliphatic carbocycles. The van der Waals surface area contributed by atoms with Crippen LogP contribution in [0.1, 0.15) is 13.8 Å². The van der Waals surface area contributed by atoms with Gasteiger partial charge in [-0.2, -0.15) is 12.6 Å². The van der Waals surface area contributed by atoms with Crippen molar-refractivity contribution in [3.8, 4) is 0 Å². The number of rotatable bonds is 2. The molecule has 0 atom stereocenters. The molecule has 0 saturated carbocycles. The summed E-state index contributed by atoms with van der Waals surface area (Å²) in [6.45, 7) is 5.75. The highest BCUT2D eigenvalue weighted by atomic mass is 32.2. The van der Waals surface area contributed by atoms with Crippen LogP contribution in [0.2, 0.25) is 0 Å². The van der Waals surface area contributed by atoms with Gasteiger partial charge in [-0.25, -0.2) is 0 Å². The summed E-state index contributed by atoms with van der Waals surface area (Å²) in [6.07, 6.45) is 0. The summed E-state index contributed by atoms with van der Waals surface area (Å²) in [6, 6.07) is 0. The van der Waals surface area contributed by atoms with Gasteiger partial charge < -0.3 is 0 Å². The Morgan fingerprint density at radius 2 is 2.30 bits per heavy atom. The second-order valence-corrected chi connectivity index (χ2v) is 4.66. The van der Waals surface area contributed by atoms with Gasteiger partial charge in [0.2, 0.25) is 0 Å². The predicted octanol–water partition coefficient (Wildman–Crippen LogP) is 1.70. The SMILES string of the molecule is CC(C)(CS)N1CCSC1. The second kappa shape index (κ2) is 3.37. The minimum Gasteiger partial charge on any atom is -0.287 e. The molecular formula is C7H15NS2. The van der Waals surface area contributed by atoms with Crippen LogP contribution < -0.4 is 0 Å². The molecule has 0 amide bonds. The third-order valence-electron chi connectivity index (χ3n) is 2.00. The van der Waals surface area contributed by atoms with Gasteiger partial charge in [-0.05, 0) is 13.8 Å². The zero-order chi connectivity index (χ0) is 7.61. The summed E-state index contributed by atoms with van der Waals surface area (Å²) >= 11 is 6.34. The first kappa shape index (κ1) is 8.75. The first-order valence-electron chi connectivity index (χ1n) is 3.60. The molecule has 60 valence electrons. The van der Waals surface area contributed by atoms with Gasteiger partial charge in [0, 0.05) is 29.5 Å². The van der Waals surface area contributed by atoms with Crippen LogP contribution in [-0.4, -0.2) is 34.4 Å². The molecule has 1 saturated heterocycles. The van der Waals surface area contributed by atoms with Crippen LogP contribution in [0.5, 0.6) is 0 Å². The molecule has 1 rings (SSSR count). The molecule has 1 nitrogen and oxygen atoms in total. The minimum atomic E-state index is 0.298. The Morgan fingerprint density at radius 1 is 1.60 bits per heavy atom. The van der Waals surface area contributed by atoms with Crippen LogP contribution in [-0.2, 0) is 0 Å². The van der Waals surface area contributed by atoms with Gasteiger partial charge in [0.1, 0.15) is 0 Å². The van der Waals surface area contributed by atoms with Crippen molar-refractivity contribution in [3.63, 3.8) is 0 Å². The van der Waals surface area contributed by atoms with Gasteiger partial charge >= 0.3 is 0 Å². The van der Waals surface area contributed by atoms with E-state index in [1.54, 1.807) is 0 Å². The molecule has 1 heterocycles. The summed E-state index contributed by atoms with van der Waals surface area (Å²) in [5, 5.41) is 0. The summed E-state index contributed by atoms with van der Waals surface area (Å²) in [7, 11) is 0. The van der Waals surface area contributed by atoms with Crippen LogP contribution in [0.3, 0.4) is 0 Å². The quantitative estimate of drug-likeness (QED) is 0.640. The molecule has 0 radical (unpaired) electrons. The van der Waals surface area contributed by atoms with E-state index >= 15 is 0 Å². The number of hydrogen-bond acceptors (Lipinski definition) is 3. The lowest BCUT2D eigenvalue weighted by molar-refractivity contribution is 0.192. The fourth-order valence-corrected chi connectivity index (χ4v) is 2.37. The zero-order valence-corrected chi connectivity index (χ0v) is 8.34. The molecule has 1 fully saturated rings. The zero-order valence-electron chi connectivity index (χ0n) is 6.63. The fourth-order valence-electron chi connectivity index (χ4n) is 0.991. The summed E-state index contributed by atoms with van der Waals surface area (Å²) in [4.78, 5) is 2.49. The molecule has 1 aliphatic rings. The van der Waals surface area contributed by atoms with Crippen molar-refractivity contribution in [2.24, 2.45) is 0 Å². The Kier molecular flexibility index (Phi) is 2.95. The maximum absolute atomic E-state index is 4.33. The van der Waals surface area contributed by atoms with Crippen molar-refractivity contribution in [1.29, 1.82) is 0 Å². The highest BCUT2D eigenvalue weighted by molar-refractivity contribution is 7.99. The smallest absolute Gasteiger partial charge is 0.0450 e. The lowest BCUT2D eigenvalue weighted by Crippen LogP contribution is -2.43. The Balaban J connectivity index is 2.45. The van der Waals surface area contributed by atoms with Crippen molar-refractivity contribution < 1.29 is 0 Å². The van der Waals surface area contributed by atoms with Gasteiger partial charge in [0.15, 0.2) is 0 Å². The maximum atomic E-state index is 4.33. The Bertz CT molecular complexity index is 108. The van der Waals surface area contributed by atoms with E-state index in [0.29, 0.717) is 5.54 Å². The van der Waals surface area contributed by atoms with Gasteiger partial charge in [0.25, 0.3) is 0 Å². The second-order valence-electron chi connectivity index (χ2n) is 3.27. The molecule has 0 aromatic rings. The topological polar surface area (TPSA) is 3.24 Å². The molecule has 0 unspecified atom stereocenters. The van der Waals surface area contributed by atoms with E-state index < -0.39 is 0 Å². The minimum absolute atomic E-state index is 0.298. The van der Waals surface area contributed by atoms with Crippen molar-refractivity contribution in [1.82, 2.24) is 4.90 Å².